The van der Waals surface area contributed by atoms with Crippen LogP contribution in [0.2, 0.25) is 0 Å². The summed E-state index contributed by atoms with van der Waals surface area (Å²) in [5, 5.41) is 0. The van der Waals surface area contributed by atoms with Crippen LogP contribution >= 0.6 is 0 Å². The number of hydrogen-bond donors (Lipinski definition) is 2. The Bertz CT molecular complexity index is 418. The molecule has 5 nitrogen and oxygen atoms in total. The van der Waals surface area contributed by atoms with Crippen LogP contribution in [0.3, 0.4) is 0 Å². The second-order valence-corrected chi connectivity index (χ2v) is 5.72. The molecule has 0 aliphatic carbocycles. The highest BCUT2D eigenvalue weighted by atomic mass is 15.3. The maximum Gasteiger partial charge on any atom is 0.145 e. The zero-order valence-electron chi connectivity index (χ0n) is 12.2. The van der Waals surface area contributed by atoms with Crippen molar-refractivity contribution >= 4 is 11.6 Å². The summed E-state index contributed by atoms with van der Waals surface area (Å²) < 4.78 is 0. The Labute approximate surface area is 115 Å². The van der Waals surface area contributed by atoms with Crippen molar-refractivity contribution in [1.29, 1.82) is 0 Å². The van der Waals surface area contributed by atoms with Gasteiger partial charge in [-0.25, -0.2) is 15.8 Å². The fourth-order valence-electron chi connectivity index (χ4n) is 2.81. The van der Waals surface area contributed by atoms with E-state index in [1.54, 1.807) is 0 Å². The molecule has 1 fully saturated rings. The van der Waals surface area contributed by atoms with E-state index in [4.69, 9.17) is 5.84 Å². The molecule has 106 valence electrons. The maximum absolute atomic E-state index is 5.45. The molecule has 0 spiro atoms. The first kappa shape index (κ1) is 14.1. The van der Waals surface area contributed by atoms with Gasteiger partial charge in [0, 0.05) is 19.2 Å². The van der Waals surface area contributed by atoms with Gasteiger partial charge in [0.1, 0.15) is 17.5 Å². The molecule has 0 aromatic carbocycles. The van der Waals surface area contributed by atoms with Gasteiger partial charge in [-0.1, -0.05) is 13.8 Å². The van der Waals surface area contributed by atoms with E-state index in [1.807, 2.05) is 13.0 Å². The molecule has 1 saturated heterocycles. The molecule has 1 atom stereocenters. The van der Waals surface area contributed by atoms with Gasteiger partial charge in [-0.3, -0.25) is 0 Å². The highest BCUT2D eigenvalue weighted by molar-refractivity contribution is 5.48. The first-order chi connectivity index (χ1) is 9.10. The largest absolute Gasteiger partial charge is 0.356 e. The van der Waals surface area contributed by atoms with Crippen molar-refractivity contribution in [3.8, 4) is 0 Å². The topological polar surface area (TPSA) is 67.1 Å². The molecule has 0 radical (unpaired) electrons. The Hall–Kier alpha value is -1.36. The number of anilines is 2. The van der Waals surface area contributed by atoms with E-state index in [9.17, 15) is 0 Å². The van der Waals surface area contributed by atoms with Gasteiger partial charge < -0.3 is 10.3 Å². The van der Waals surface area contributed by atoms with Gasteiger partial charge in [0.25, 0.3) is 0 Å². The molecule has 0 amide bonds. The van der Waals surface area contributed by atoms with Gasteiger partial charge in [0.15, 0.2) is 0 Å². The zero-order chi connectivity index (χ0) is 13.8. The smallest absolute Gasteiger partial charge is 0.145 e. The molecular formula is C14H25N5. The summed E-state index contributed by atoms with van der Waals surface area (Å²) >= 11 is 0. The average molecular weight is 263 g/mol. The Morgan fingerprint density at radius 1 is 1.32 bits per heavy atom. The zero-order valence-corrected chi connectivity index (χ0v) is 12.2. The van der Waals surface area contributed by atoms with Crippen molar-refractivity contribution in [1.82, 2.24) is 9.97 Å². The molecule has 0 saturated carbocycles. The van der Waals surface area contributed by atoms with Crippen LogP contribution in [-0.2, 0) is 0 Å². The van der Waals surface area contributed by atoms with E-state index < -0.39 is 0 Å². The predicted molar refractivity (Wildman–Crippen MR) is 79.0 cm³/mol. The van der Waals surface area contributed by atoms with E-state index >= 15 is 0 Å². The van der Waals surface area contributed by atoms with Crippen LogP contribution in [0.4, 0.5) is 11.6 Å². The number of rotatable bonds is 3. The third kappa shape index (κ3) is 3.56. The van der Waals surface area contributed by atoms with Gasteiger partial charge in [-0.05, 0) is 38.0 Å². The first-order valence-corrected chi connectivity index (χ1v) is 7.17. The number of nitrogen functional groups attached to an aromatic ring is 1. The van der Waals surface area contributed by atoms with E-state index in [0.717, 1.165) is 36.6 Å². The molecule has 0 bridgehead atoms. The summed E-state index contributed by atoms with van der Waals surface area (Å²) in [6.07, 6.45) is 3.80. The summed E-state index contributed by atoms with van der Waals surface area (Å²) in [7, 11) is 0. The molecule has 2 rings (SSSR count). The van der Waals surface area contributed by atoms with Gasteiger partial charge in [0.05, 0.1) is 0 Å². The Morgan fingerprint density at radius 3 is 2.79 bits per heavy atom. The molecule has 1 aliphatic rings. The van der Waals surface area contributed by atoms with E-state index in [2.05, 4.69) is 34.1 Å². The average Bonchev–Trinajstić information content (AvgIpc) is 2.63. The quantitative estimate of drug-likeness (QED) is 0.647. The second-order valence-electron chi connectivity index (χ2n) is 5.72. The minimum Gasteiger partial charge on any atom is -0.356 e. The van der Waals surface area contributed by atoms with Crippen LogP contribution in [0.15, 0.2) is 6.07 Å². The number of hydrogen-bond acceptors (Lipinski definition) is 5. The van der Waals surface area contributed by atoms with Crippen molar-refractivity contribution in [2.45, 2.75) is 40.0 Å². The molecule has 19 heavy (non-hydrogen) atoms. The van der Waals surface area contributed by atoms with Crippen molar-refractivity contribution in [2.75, 3.05) is 23.4 Å². The lowest BCUT2D eigenvalue weighted by atomic mass is 9.89. The fraction of sp³-hybridized carbons (Fsp3) is 0.714. The number of hydrazine groups is 1. The van der Waals surface area contributed by atoms with Gasteiger partial charge >= 0.3 is 0 Å². The molecule has 5 heteroatoms. The van der Waals surface area contributed by atoms with Gasteiger partial charge in [-0.15, -0.1) is 0 Å². The Morgan fingerprint density at radius 2 is 2.11 bits per heavy atom. The number of aryl methyl sites for hydroxylation is 1. The van der Waals surface area contributed by atoms with Crippen LogP contribution in [0.1, 0.15) is 38.9 Å². The summed E-state index contributed by atoms with van der Waals surface area (Å²) in [6.45, 7) is 8.70. The van der Waals surface area contributed by atoms with Crippen LogP contribution in [0.5, 0.6) is 0 Å². The van der Waals surface area contributed by atoms with Gasteiger partial charge in [0.2, 0.25) is 0 Å². The molecule has 1 aliphatic heterocycles. The van der Waals surface area contributed by atoms with Crippen molar-refractivity contribution < 1.29 is 0 Å². The summed E-state index contributed by atoms with van der Waals surface area (Å²) in [5.74, 6) is 9.49. The normalized spacial score (nSPS) is 20.5. The van der Waals surface area contributed by atoms with E-state index in [-0.39, 0.29) is 0 Å². The molecular weight excluding hydrogens is 238 g/mol. The van der Waals surface area contributed by atoms with E-state index in [1.165, 1.54) is 19.3 Å². The monoisotopic (exact) mass is 263 g/mol. The standard InChI is InChI=1S/C14H25N5/c1-10(2)12-5-4-7-19(8-6-12)14-9-13(18-15)16-11(3)17-14/h9-10,12H,4-8,15H2,1-3H3,(H,16,17,18). The van der Waals surface area contributed by atoms with Crippen LogP contribution in [-0.4, -0.2) is 23.1 Å². The molecule has 1 unspecified atom stereocenters. The number of nitrogens with zero attached hydrogens (tertiary/aromatic N) is 3. The summed E-state index contributed by atoms with van der Waals surface area (Å²) in [5.41, 5.74) is 2.61. The minimum atomic E-state index is 0.687. The van der Waals surface area contributed by atoms with Crippen molar-refractivity contribution in [3.63, 3.8) is 0 Å². The van der Waals surface area contributed by atoms with Crippen LogP contribution < -0.4 is 16.2 Å². The summed E-state index contributed by atoms with van der Waals surface area (Å²) in [6, 6.07) is 1.93. The fourth-order valence-corrected chi connectivity index (χ4v) is 2.81. The number of nitrogens with one attached hydrogen (secondary N) is 1. The second kappa shape index (κ2) is 6.19. The van der Waals surface area contributed by atoms with Gasteiger partial charge in [-0.2, -0.15) is 0 Å². The lowest BCUT2D eigenvalue weighted by Crippen LogP contribution is -2.26. The third-order valence-electron chi connectivity index (χ3n) is 4.01. The highest BCUT2D eigenvalue weighted by Crippen LogP contribution is 2.27. The molecule has 2 heterocycles. The number of nitrogens with two attached hydrogens (primary N) is 1. The summed E-state index contributed by atoms with van der Waals surface area (Å²) in [4.78, 5) is 11.1. The lowest BCUT2D eigenvalue weighted by Gasteiger charge is -2.23. The van der Waals surface area contributed by atoms with Crippen molar-refractivity contribution in [3.05, 3.63) is 11.9 Å². The molecule has 1 aromatic rings. The first-order valence-electron chi connectivity index (χ1n) is 7.17. The third-order valence-corrected chi connectivity index (χ3v) is 4.01. The van der Waals surface area contributed by atoms with Crippen LogP contribution in [0.25, 0.3) is 0 Å². The minimum absolute atomic E-state index is 0.687. The predicted octanol–water partition coefficient (Wildman–Crippen LogP) is 2.33. The highest BCUT2D eigenvalue weighted by Gasteiger charge is 2.20. The SMILES string of the molecule is Cc1nc(NN)cc(N2CCCC(C(C)C)CC2)n1. The molecule has 3 N–H and O–H groups in total. The number of aromatic nitrogens is 2. The molecule has 1 aromatic heterocycles. The van der Waals surface area contributed by atoms with Crippen molar-refractivity contribution in [2.24, 2.45) is 17.7 Å². The van der Waals surface area contributed by atoms with E-state index in [0.29, 0.717) is 5.82 Å². The Balaban J connectivity index is 2.11. The maximum atomic E-state index is 5.45. The Kier molecular flexibility index (Phi) is 4.58. The lowest BCUT2D eigenvalue weighted by molar-refractivity contribution is 0.351. The van der Waals surface area contributed by atoms with Crippen LogP contribution in [0, 0.1) is 18.8 Å².